The second kappa shape index (κ2) is 8.41. The largest absolute Gasteiger partial charge is 0.334 e. The minimum absolute atomic E-state index is 0.00312. The van der Waals surface area contributed by atoms with Gasteiger partial charge in [0.05, 0.1) is 22.3 Å². The van der Waals surface area contributed by atoms with E-state index in [0.29, 0.717) is 11.4 Å². The summed E-state index contributed by atoms with van der Waals surface area (Å²) in [5, 5.41) is 0.508. The van der Waals surface area contributed by atoms with Gasteiger partial charge in [0, 0.05) is 23.6 Å². The Labute approximate surface area is 177 Å². The van der Waals surface area contributed by atoms with Crippen LogP contribution in [0.15, 0.2) is 11.1 Å². The molecule has 1 saturated carbocycles. The van der Waals surface area contributed by atoms with Crippen LogP contribution in [0.4, 0.5) is 0 Å². The van der Waals surface area contributed by atoms with Gasteiger partial charge in [0.2, 0.25) is 11.8 Å². The fourth-order valence-electron chi connectivity index (χ4n) is 4.13. The number of thioether (sulfide) groups is 1. The van der Waals surface area contributed by atoms with E-state index in [0.717, 1.165) is 25.7 Å². The monoisotopic (exact) mass is 442 g/mol. The molecule has 0 bridgehead atoms. The lowest BCUT2D eigenvalue weighted by molar-refractivity contribution is -0.140. The van der Waals surface area contributed by atoms with Crippen LogP contribution in [0.2, 0.25) is 0 Å². The first-order chi connectivity index (χ1) is 13.5. The number of hydrogen-bond donors (Lipinski definition) is 0. The molecule has 0 N–H and O–H groups in total. The summed E-state index contributed by atoms with van der Waals surface area (Å²) < 4.78 is 24.0. The van der Waals surface area contributed by atoms with Gasteiger partial charge in [-0.3, -0.25) is 19.3 Å². The molecule has 0 spiro atoms. The normalized spacial score (nSPS) is 26.4. The van der Waals surface area contributed by atoms with E-state index >= 15 is 0 Å². The Kier molecular flexibility index (Phi) is 6.48. The highest BCUT2D eigenvalue weighted by Crippen LogP contribution is 2.33. The number of hydrogen-bond acceptors (Lipinski definition) is 6. The highest BCUT2D eigenvalue weighted by molar-refractivity contribution is 8.04. The summed E-state index contributed by atoms with van der Waals surface area (Å²) in [5.41, 5.74) is -0.567. The zero-order valence-corrected chi connectivity index (χ0v) is 19.0. The molecule has 29 heavy (non-hydrogen) atoms. The van der Waals surface area contributed by atoms with Gasteiger partial charge in [-0.05, 0) is 19.3 Å². The number of ketones is 1. The number of nitrogens with zero attached hydrogens (tertiary/aromatic N) is 2. The number of carbonyl (C=O) groups excluding carboxylic acids is 3. The van der Waals surface area contributed by atoms with Gasteiger partial charge in [0.1, 0.15) is 6.54 Å². The van der Waals surface area contributed by atoms with E-state index < -0.39 is 15.3 Å². The SMILES string of the molecule is CC(C)(C)C(=O)/C=C1/SCC(=O)N1CC(=O)N(C1CCCC1)C1CCS(=O)(=O)C1. The Balaban J connectivity index is 1.79. The Morgan fingerprint density at radius 2 is 1.83 bits per heavy atom. The first-order valence-electron chi connectivity index (χ1n) is 10.2. The molecule has 1 atom stereocenters. The Hall–Kier alpha value is -1.35. The zero-order chi connectivity index (χ0) is 21.4. The molecule has 0 radical (unpaired) electrons. The van der Waals surface area contributed by atoms with Gasteiger partial charge in [-0.15, -0.1) is 0 Å². The summed E-state index contributed by atoms with van der Waals surface area (Å²) in [4.78, 5) is 41.2. The van der Waals surface area contributed by atoms with Gasteiger partial charge in [0.25, 0.3) is 0 Å². The average molecular weight is 443 g/mol. The Morgan fingerprint density at radius 1 is 1.17 bits per heavy atom. The smallest absolute Gasteiger partial charge is 0.243 e. The summed E-state index contributed by atoms with van der Waals surface area (Å²) in [5.74, 6) is -0.189. The highest BCUT2D eigenvalue weighted by atomic mass is 32.2. The second-order valence-corrected chi connectivity index (χ2v) is 12.4. The molecular formula is C20H30N2O5S2. The van der Waals surface area contributed by atoms with Gasteiger partial charge < -0.3 is 4.90 Å². The highest BCUT2D eigenvalue weighted by Gasteiger charge is 2.40. The van der Waals surface area contributed by atoms with Crippen molar-refractivity contribution in [2.24, 2.45) is 5.41 Å². The predicted molar refractivity (Wildman–Crippen MR) is 113 cm³/mol. The van der Waals surface area contributed by atoms with Crippen LogP contribution >= 0.6 is 11.8 Å². The molecule has 1 unspecified atom stereocenters. The summed E-state index contributed by atoms with van der Waals surface area (Å²) in [7, 11) is -3.12. The summed E-state index contributed by atoms with van der Waals surface area (Å²) >= 11 is 1.27. The molecule has 0 aromatic carbocycles. The van der Waals surface area contributed by atoms with E-state index in [9.17, 15) is 22.8 Å². The van der Waals surface area contributed by atoms with Crippen LogP contribution in [0, 0.1) is 5.41 Å². The van der Waals surface area contributed by atoms with E-state index in [1.165, 1.54) is 22.7 Å². The summed E-state index contributed by atoms with van der Waals surface area (Å²) in [6.07, 6.45) is 5.71. The topological polar surface area (TPSA) is 91.8 Å². The maximum absolute atomic E-state index is 13.3. The van der Waals surface area contributed by atoms with Crippen LogP contribution in [0.25, 0.3) is 0 Å². The van der Waals surface area contributed by atoms with E-state index in [-0.39, 0.29) is 53.5 Å². The maximum atomic E-state index is 13.3. The first-order valence-corrected chi connectivity index (χ1v) is 13.0. The van der Waals surface area contributed by atoms with Crippen molar-refractivity contribution in [3.05, 3.63) is 11.1 Å². The third-order valence-electron chi connectivity index (χ3n) is 5.81. The maximum Gasteiger partial charge on any atom is 0.243 e. The van der Waals surface area contributed by atoms with Crippen molar-refractivity contribution >= 4 is 39.2 Å². The van der Waals surface area contributed by atoms with Crippen molar-refractivity contribution in [3.8, 4) is 0 Å². The molecule has 2 amide bonds. The molecule has 2 heterocycles. The van der Waals surface area contributed by atoms with Crippen molar-refractivity contribution in [1.29, 1.82) is 0 Å². The van der Waals surface area contributed by atoms with Crippen LogP contribution in [-0.4, -0.2) is 71.7 Å². The fourth-order valence-corrected chi connectivity index (χ4v) is 6.78. The van der Waals surface area contributed by atoms with Crippen molar-refractivity contribution in [2.75, 3.05) is 23.8 Å². The van der Waals surface area contributed by atoms with Crippen molar-refractivity contribution in [1.82, 2.24) is 9.80 Å². The zero-order valence-electron chi connectivity index (χ0n) is 17.3. The summed E-state index contributed by atoms with van der Waals surface area (Å²) in [6, 6.07) is -0.278. The minimum atomic E-state index is -3.12. The average Bonchev–Trinajstić information content (AvgIpc) is 3.32. The van der Waals surface area contributed by atoms with E-state index in [1.807, 2.05) is 20.8 Å². The Morgan fingerprint density at radius 3 is 2.38 bits per heavy atom. The van der Waals surface area contributed by atoms with Gasteiger partial charge in [-0.1, -0.05) is 45.4 Å². The van der Waals surface area contributed by atoms with Crippen LogP contribution in [0.1, 0.15) is 52.9 Å². The number of rotatable bonds is 5. The quantitative estimate of drug-likeness (QED) is 0.605. The van der Waals surface area contributed by atoms with Crippen LogP contribution in [-0.2, 0) is 24.2 Å². The molecule has 1 aliphatic carbocycles. The van der Waals surface area contributed by atoms with E-state index in [4.69, 9.17) is 0 Å². The second-order valence-electron chi connectivity index (χ2n) is 9.16. The van der Waals surface area contributed by atoms with Crippen LogP contribution < -0.4 is 0 Å². The molecule has 7 nitrogen and oxygen atoms in total. The minimum Gasteiger partial charge on any atom is -0.334 e. The molecule has 3 fully saturated rings. The number of amides is 2. The fraction of sp³-hybridized carbons (Fsp3) is 0.750. The van der Waals surface area contributed by atoms with Gasteiger partial charge in [-0.25, -0.2) is 8.42 Å². The molecule has 2 saturated heterocycles. The van der Waals surface area contributed by atoms with E-state index in [2.05, 4.69) is 0 Å². The molecule has 3 rings (SSSR count). The van der Waals surface area contributed by atoms with Crippen molar-refractivity contribution < 1.29 is 22.8 Å². The lowest BCUT2D eigenvalue weighted by Crippen LogP contribution is -2.50. The van der Waals surface area contributed by atoms with Gasteiger partial charge >= 0.3 is 0 Å². The Bertz CT molecular complexity index is 822. The molecule has 0 aromatic heterocycles. The number of allylic oxidation sites excluding steroid dienone is 1. The standard InChI is InChI=1S/C20H30N2O5S2/c1-20(2,3)16(23)10-19-21(18(25)12-28-19)11-17(24)22(14-6-4-5-7-14)15-8-9-29(26,27)13-15/h10,14-15H,4-9,11-13H2,1-3H3/b19-10+. The van der Waals surface area contributed by atoms with Crippen molar-refractivity contribution in [2.45, 2.75) is 65.0 Å². The number of sulfone groups is 1. The van der Waals surface area contributed by atoms with Gasteiger partial charge in [-0.2, -0.15) is 0 Å². The molecule has 3 aliphatic rings. The molecule has 0 aromatic rings. The molecule has 162 valence electrons. The molecular weight excluding hydrogens is 412 g/mol. The van der Waals surface area contributed by atoms with Crippen LogP contribution in [0.3, 0.4) is 0 Å². The third kappa shape index (κ3) is 5.23. The first kappa shape index (κ1) is 22.3. The third-order valence-corrected chi connectivity index (χ3v) is 8.58. The lowest BCUT2D eigenvalue weighted by Gasteiger charge is -2.35. The molecule has 2 aliphatic heterocycles. The van der Waals surface area contributed by atoms with Crippen LogP contribution in [0.5, 0.6) is 0 Å². The number of carbonyl (C=O) groups is 3. The van der Waals surface area contributed by atoms with Crippen molar-refractivity contribution in [3.63, 3.8) is 0 Å². The molecule has 9 heteroatoms. The lowest BCUT2D eigenvalue weighted by atomic mass is 9.91. The van der Waals surface area contributed by atoms with Gasteiger partial charge in [0.15, 0.2) is 15.6 Å². The predicted octanol–water partition coefficient (Wildman–Crippen LogP) is 1.98. The van der Waals surface area contributed by atoms with E-state index in [1.54, 1.807) is 4.90 Å². The summed E-state index contributed by atoms with van der Waals surface area (Å²) in [6.45, 7) is 5.30.